The Hall–Kier alpha value is -1.22. The van der Waals surface area contributed by atoms with Crippen molar-refractivity contribution in [1.82, 2.24) is 15.5 Å². The molecule has 1 aliphatic carbocycles. The van der Waals surface area contributed by atoms with Gasteiger partial charge in [0.05, 0.1) is 6.54 Å². The number of aliphatic imine (C=N–C) groups is 1. The minimum atomic E-state index is -0.332. The summed E-state index contributed by atoms with van der Waals surface area (Å²) < 4.78 is 0. The summed E-state index contributed by atoms with van der Waals surface area (Å²) in [6, 6.07) is 8.11. The van der Waals surface area contributed by atoms with E-state index in [1.807, 2.05) is 12.1 Å². The number of hydrogen-bond donors (Lipinski definition) is 3. The molecule has 6 nitrogen and oxygen atoms in total. The Kier molecular flexibility index (Phi) is 8.03. The van der Waals surface area contributed by atoms with Crippen molar-refractivity contribution >= 4 is 47.6 Å². The summed E-state index contributed by atoms with van der Waals surface area (Å²) in [6.07, 6.45) is 4.06. The average molecular weight is 506 g/mol. The molecule has 2 aliphatic rings. The number of likely N-dealkylation sites (tertiary alicyclic amines) is 1. The Morgan fingerprint density at radius 2 is 2.07 bits per heavy atom. The normalized spacial score (nSPS) is 19.2. The van der Waals surface area contributed by atoms with Gasteiger partial charge >= 0.3 is 6.03 Å². The lowest BCUT2D eigenvalue weighted by molar-refractivity contribution is 0.188. The Bertz CT molecular complexity index is 672. The lowest BCUT2D eigenvalue weighted by Crippen LogP contribution is -2.50. The van der Waals surface area contributed by atoms with E-state index < -0.39 is 0 Å². The highest BCUT2D eigenvalue weighted by Crippen LogP contribution is 2.48. The van der Waals surface area contributed by atoms with Crippen LogP contribution in [0.3, 0.4) is 0 Å². The van der Waals surface area contributed by atoms with Crippen LogP contribution in [0.4, 0.5) is 4.79 Å². The van der Waals surface area contributed by atoms with Crippen molar-refractivity contribution in [2.45, 2.75) is 44.1 Å². The van der Waals surface area contributed by atoms with Crippen molar-refractivity contribution in [2.75, 3.05) is 26.2 Å². The van der Waals surface area contributed by atoms with Gasteiger partial charge in [-0.25, -0.2) is 4.79 Å². The lowest BCUT2D eigenvalue weighted by atomic mass is 9.96. The van der Waals surface area contributed by atoms with Crippen LogP contribution in [-0.2, 0) is 5.41 Å². The van der Waals surface area contributed by atoms with Crippen molar-refractivity contribution in [1.29, 1.82) is 0 Å². The van der Waals surface area contributed by atoms with E-state index in [1.165, 1.54) is 5.56 Å². The van der Waals surface area contributed by atoms with Crippen LogP contribution in [-0.4, -0.2) is 49.1 Å². The van der Waals surface area contributed by atoms with Crippen LogP contribution in [0.1, 0.15) is 38.2 Å². The van der Waals surface area contributed by atoms with E-state index >= 15 is 0 Å². The Morgan fingerprint density at radius 3 is 2.63 bits per heavy atom. The third-order valence-corrected chi connectivity index (χ3v) is 5.56. The zero-order valence-electron chi connectivity index (χ0n) is 15.7. The first-order chi connectivity index (χ1) is 12.5. The molecule has 1 heterocycles. The molecule has 1 aromatic rings. The molecular weight excluding hydrogens is 477 g/mol. The van der Waals surface area contributed by atoms with Crippen LogP contribution in [0.2, 0.25) is 5.02 Å². The van der Waals surface area contributed by atoms with Gasteiger partial charge in [0.2, 0.25) is 0 Å². The maximum Gasteiger partial charge on any atom is 0.314 e. The molecule has 1 aromatic carbocycles. The first kappa shape index (κ1) is 22.1. The van der Waals surface area contributed by atoms with Crippen molar-refractivity contribution in [3.8, 4) is 0 Å². The number of nitrogens with two attached hydrogens (primary N) is 1. The molecule has 0 unspecified atom stereocenters. The van der Waals surface area contributed by atoms with E-state index in [2.05, 4.69) is 29.7 Å². The fraction of sp³-hybridized carbons (Fsp3) is 0.579. The minimum absolute atomic E-state index is 0. The predicted molar refractivity (Wildman–Crippen MR) is 121 cm³/mol. The van der Waals surface area contributed by atoms with E-state index in [-0.39, 0.29) is 35.4 Å². The maximum atomic E-state index is 11.2. The van der Waals surface area contributed by atoms with E-state index in [0.717, 1.165) is 49.8 Å². The summed E-state index contributed by atoms with van der Waals surface area (Å²) in [5.41, 5.74) is 6.76. The third-order valence-electron chi connectivity index (χ3n) is 5.32. The second-order valence-electron chi connectivity index (χ2n) is 7.23. The van der Waals surface area contributed by atoms with Crippen molar-refractivity contribution in [2.24, 2.45) is 10.7 Å². The standard InChI is InChI=1S/C19H28ClN5O.HI/c1-2-22-18(24-16-6-10-25(11-7-16)17(21)26)23-13-19(8-9-19)14-4-3-5-15(20)12-14;/h3-5,12,16H,2,6-11,13H2,1H3,(H2,21,26)(H2,22,23,24);1H. The summed E-state index contributed by atoms with van der Waals surface area (Å²) in [7, 11) is 0. The molecule has 0 bridgehead atoms. The SMILES string of the molecule is CCNC(=NCC1(c2cccc(Cl)c2)CC1)NC1CCN(C(N)=O)CC1.I. The van der Waals surface area contributed by atoms with Crippen LogP contribution in [0.25, 0.3) is 0 Å². The highest BCUT2D eigenvalue weighted by molar-refractivity contribution is 14.0. The number of hydrogen-bond acceptors (Lipinski definition) is 2. The maximum absolute atomic E-state index is 11.2. The van der Waals surface area contributed by atoms with Crippen LogP contribution in [0.5, 0.6) is 0 Å². The summed E-state index contributed by atoms with van der Waals surface area (Å²) in [4.78, 5) is 17.8. The van der Waals surface area contributed by atoms with E-state index in [4.69, 9.17) is 22.3 Å². The minimum Gasteiger partial charge on any atom is -0.357 e. The second kappa shape index (κ2) is 9.82. The first-order valence-electron chi connectivity index (χ1n) is 9.38. The molecule has 2 fully saturated rings. The molecule has 1 saturated heterocycles. The number of nitrogens with one attached hydrogen (secondary N) is 2. The molecule has 2 amide bonds. The quantitative estimate of drug-likeness (QED) is 0.327. The van der Waals surface area contributed by atoms with Crippen LogP contribution >= 0.6 is 35.6 Å². The molecule has 3 rings (SSSR count). The number of piperidine rings is 1. The lowest BCUT2D eigenvalue weighted by Gasteiger charge is -2.32. The number of guanidine groups is 1. The Balaban J connectivity index is 0.00000261. The van der Waals surface area contributed by atoms with Gasteiger partial charge < -0.3 is 21.3 Å². The van der Waals surface area contributed by atoms with Gasteiger partial charge in [0.15, 0.2) is 5.96 Å². The number of benzene rings is 1. The van der Waals surface area contributed by atoms with Crippen LogP contribution < -0.4 is 16.4 Å². The molecule has 27 heavy (non-hydrogen) atoms. The Morgan fingerprint density at radius 1 is 1.37 bits per heavy atom. The fourth-order valence-electron chi connectivity index (χ4n) is 3.50. The van der Waals surface area contributed by atoms with E-state index in [9.17, 15) is 4.79 Å². The smallest absolute Gasteiger partial charge is 0.314 e. The molecular formula is C19H29ClIN5O. The summed E-state index contributed by atoms with van der Waals surface area (Å²) in [5.74, 6) is 0.846. The van der Waals surface area contributed by atoms with Crippen molar-refractivity contribution < 1.29 is 4.79 Å². The molecule has 4 N–H and O–H groups in total. The summed E-state index contributed by atoms with van der Waals surface area (Å²) in [5, 5.41) is 7.63. The van der Waals surface area contributed by atoms with Gasteiger partial charge in [-0.2, -0.15) is 0 Å². The van der Waals surface area contributed by atoms with Gasteiger partial charge in [0.25, 0.3) is 0 Å². The zero-order valence-corrected chi connectivity index (χ0v) is 18.8. The van der Waals surface area contributed by atoms with Gasteiger partial charge in [-0.05, 0) is 50.3 Å². The van der Waals surface area contributed by atoms with Crippen LogP contribution in [0, 0.1) is 0 Å². The van der Waals surface area contributed by atoms with Gasteiger partial charge in [-0.1, -0.05) is 23.7 Å². The summed E-state index contributed by atoms with van der Waals surface area (Å²) >= 11 is 6.16. The third kappa shape index (κ3) is 5.88. The molecule has 0 aromatic heterocycles. The highest BCUT2D eigenvalue weighted by Gasteiger charge is 2.44. The second-order valence-corrected chi connectivity index (χ2v) is 7.67. The van der Waals surface area contributed by atoms with Gasteiger partial charge in [0, 0.05) is 36.1 Å². The topological polar surface area (TPSA) is 82.8 Å². The number of nitrogens with zero attached hydrogens (tertiary/aromatic N) is 2. The van der Waals surface area contributed by atoms with Gasteiger partial charge in [-0.15, -0.1) is 24.0 Å². The van der Waals surface area contributed by atoms with E-state index in [0.29, 0.717) is 19.1 Å². The number of amides is 2. The number of urea groups is 1. The highest BCUT2D eigenvalue weighted by atomic mass is 127. The largest absolute Gasteiger partial charge is 0.357 e. The van der Waals surface area contributed by atoms with Gasteiger partial charge in [0.1, 0.15) is 0 Å². The molecule has 0 radical (unpaired) electrons. The monoisotopic (exact) mass is 505 g/mol. The average Bonchev–Trinajstić information content (AvgIpc) is 3.42. The van der Waals surface area contributed by atoms with Crippen molar-refractivity contribution in [3.63, 3.8) is 0 Å². The number of carbonyl (C=O) groups excluding carboxylic acids is 1. The molecule has 1 saturated carbocycles. The molecule has 0 atom stereocenters. The molecule has 1 aliphatic heterocycles. The number of rotatable bonds is 5. The Labute approximate surface area is 183 Å². The van der Waals surface area contributed by atoms with Crippen LogP contribution in [0.15, 0.2) is 29.3 Å². The molecule has 8 heteroatoms. The van der Waals surface area contributed by atoms with Gasteiger partial charge in [-0.3, -0.25) is 4.99 Å². The fourth-order valence-corrected chi connectivity index (χ4v) is 3.69. The number of primary amides is 1. The molecule has 150 valence electrons. The predicted octanol–water partition coefficient (Wildman–Crippen LogP) is 3.09. The van der Waals surface area contributed by atoms with Crippen molar-refractivity contribution in [3.05, 3.63) is 34.9 Å². The first-order valence-corrected chi connectivity index (χ1v) is 9.75. The van der Waals surface area contributed by atoms with E-state index in [1.54, 1.807) is 4.90 Å². The zero-order chi connectivity index (χ0) is 18.6. The number of halogens is 2. The summed E-state index contributed by atoms with van der Waals surface area (Å²) in [6.45, 7) is 5.02. The molecule has 0 spiro atoms. The number of carbonyl (C=O) groups is 1.